The normalized spacial score (nSPS) is 17.3. The molecule has 0 bridgehead atoms. The number of aromatic amines is 1. The lowest BCUT2D eigenvalue weighted by molar-refractivity contribution is -0.122. The molecule has 2 aromatic carbocycles. The molecule has 0 fully saturated rings. The quantitative estimate of drug-likeness (QED) is 0.737. The Hall–Kier alpha value is -2.75. The first-order chi connectivity index (χ1) is 12.6. The van der Waals surface area contributed by atoms with Crippen molar-refractivity contribution in [3.8, 4) is 0 Å². The van der Waals surface area contributed by atoms with Crippen LogP contribution >= 0.6 is 0 Å². The van der Waals surface area contributed by atoms with E-state index in [-0.39, 0.29) is 11.9 Å². The fourth-order valence-electron chi connectivity index (χ4n) is 3.97. The molecule has 2 N–H and O–H groups in total. The van der Waals surface area contributed by atoms with Crippen LogP contribution < -0.4 is 10.2 Å². The van der Waals surface area contributed by atoms with Crippen LogP contribution in [0.3, 0.4) is 0 Å². The molecule has 134 valence electrons. The monoisotopic (exact) mass is 347 g/mol. The van der Waals surface area contributed by atoms with E-state index in [1.165, 1.54) is 22.2 Å². The zero-order valence-electron chi connectivity index (χ0n) is 15.3. The summed E-state index contributed by atoms with van der Waals surface area (Å²) < 4.78 is 0. The Labute approximate surface area is 154 Å². The smallest absolute Gasteiger partial charge is 0.242 e. The second-order valence-corrected chi connectivity index (χ2v) is 7.19. The molecular formula is C22H25N3O. The van der Waals surface area contributed by atoms with Crippen LogP contribution in [-0.4, -0.2) is 30.0 Å². The van der Waals surface area contributed by atoms with Crippen LogP contribution in [0.2, 0.25) is 0 Å². The van der Waals surface area contributed by atoms with Gasteiger partial charge in [0.1, 0.15) is 6.04 Å². The van der Waals surface area contributed by atoms with Crippen LogP contribution in [0, 0.1) is 0 Å². The molecule has 1 amide bonds. The number of anilines is 1. The molecule has 1 aliphatic heterocycles. The summed E-state index contributed by atoms with van der Waals surface area (Å²) in [5, 5.41) is 4.35. The number of nitrogens with zero attached hydrogens (tertiary/aromatic N) is 1. The number of carbonyl (C=O) groups excluding carboxylic acids is 1. The summed E-state index contributed by atoms with van der Waals surface area (Å²) in [7, 11) is 0. The highest BCUT2D eigenvalue weighted by atomic mass is 16.2. The average molecular weight is 347 g/mol. The second kappa shape index (κ2) is 6.87. The Morgan fingerprint density at radius 1 is 1.23 bits per heavy atom. The molecule has 2 atom stereocenters. The third kappa shape index (κ3) is 2.96. The molecular weight excluding hydrogens is 322 g/mol. The highest BCUT2D eigenvalue weighted by molar-refractivity contribution is 5.86. The van der Waals surface area contributed by atoms with E-state index in [1.54, 1.807) is 0 Å². The maximum Gasteiger partial charge on any atom is 0.242 e. The van der Waals surface area contributed by atoms with Crippen molar-refractivity contribution in [3.05, 3.63) is 65.9 Å². The number of para-hydroxylation sites is 2. The van der Waals surface area contributed by atoms with Crippen LogP contribution in [-0.2, 0) is 11.2 Å². The Morgan fingerprint density at radius 2 is 2.00 bits per heavy atom. The van der Waals surface area contributed by atoms with E-state index in [9.17, 15) is 4.79 Å². The number of rotatable bonds is 5. The summed E-state index contributed by atoms with van der Waals surface area (Å²) >= 11 is 0. The minimum Gasteiger partial charge on any atom is -0.361 e. The van der Waals surface area contributed by atoms with E-state index in [4.69, 9.17) is 0 Å². The average Bonchev–Trinajstić information content (AvgIpc) is 3.23. The SMILES string of the molecule is CC1CN(C(C)C(=O)NCCc2c[nH]c3ccccc23)c2ccccc21. The van der Waals surface area contributed by atoms with E-state index in [0.29, 0.717) is 12.5 Å². The summed E-state index contributed by atoms with van der Waals surface area (Å²) in [6, 6.07) is 16.5. The number of fused-ring (bicyclic) bond motifs is 2. The zero-order valence-corrected chi connectivity index (χ0v) is 15.3. The minimum absolute atomic E-state index is 0.0914. The third-order valence-corrected chi connectivity index (χ3v) is 5.46. The zero-order chi connectivity index (χ0) is 18.1. The molecule has 0 radical (unpaired) electrons. The van der Waals surface area contributed by atoms with Gasteiger partial charge in [-0.2, -0.15) is 0 Å². The van der Waals surface area contributed by atoms with Gasteiger partial charge in [0, 0.05) is 41.8 Å². The van der Waals surface area contributed by atoms with Gasteiger partial charge in [0.2, 0.25) is 5.91 Å². The molecule has 0 aliphatic carbocycles. The van der Waals surface area contributed by atoms with Crippen molar-refractivity contribution in [2.24, 2.45) is 0 Å². The van der Waals surface area contributed by atoms with Crippen molar-refractivity contribution < 1.29 is 4.79 Å². The lowest BCUT2D eigenvalue weighted by Gasteiger charge is -2.26. The van der Waals surface area contributed by atoms with E-state index in [2.05, 4.69) is 52.5 Å². The lowest BCUT2D eigenvalue weighted by Crippen LogP contribution is -2.45. The number of amides is 1. The van der Waals surface area contributed by atoms with Gasteiger partial charge in [-0.25, -0.2) is 0 Å². The molecule has 0 spiro atoms. The third-order valence-electron chi connectivity index (χ3n) is 5.46. The number of carbonyl (C=O) groups is 1. The Bertz CT molecular complexity index is 930. The van der Waals surface area contributed by atoms with E-state index >= 15 is 0 Å². The van der Waals surface area contributed by atoms with Gasteiger partial charge in [0.25, 0.3) is 0 Å². The fraction of sp³-hybridized carbons (Fsp3) is 0.318. The van der Waals surface area contributed by atoms with Crippen molar-refractivity contribution >= 4 is 22.5 Å². The number of hydrogen-bond donors (Lipinski definition) is 2. The summed E-state index contributed by atoms with van der Waals surface area (Å²) in [6.45, 7) is 5.77. The van der Waals surface area contributed by atoms with Crippen LogP contribution in [0.1, 0.15) is 30.9 Å². The Balaban J connectivity index is 1.38. The largest absolute Gasteiger partial charge is 0.361 e. The summed E-state index contributed by atoms with van der Waals surface area (Å²) in [4.78, 5) is 18.2. The summed E-state index contributed by atoms with van der Waals surface area (Å²) in [5.41, 5.74) is 4.92. The first kappa shape index (κ1) is 16.7. The molecule has 1 aliphatic rings. The summed E-state index contributed by atoms with van der Waals surface area (Å²) in [6.07, 6.45) is 2.87. The van der Waals surface area contributed by atoms with Gasteiger partial charge in [-0.3, -0.25) is 4.79 Å². The maximum absolute atomic E-state index is 12.7. The second-order valence-electron chi connectivity index (χ2n) is 7.19. The van der Waals surface area contributed by atoms with Crippen LogP contribution in [0.5, 0.6) is 0 Å². The number of aromatic nitrogens is 1. The van der Waals surface area contributed by atoms with Gasteiger partial charge in [-0.1, -0.05) is 43.3 Å². The number of H-pyrrole nitrogens is 1. The molecule has 4 nitrogen and oxygen atoms in total. The highest BCUT2D eigenvalue weighted by Gasteiger charge is 2.31. The van der Waals surface area contributed by atoms with Crippen molar-refractivity contribution in [2.75, 3.05) is 18.0 Å². The molecule has 0 saturated heterocycles. The molecule has 2 unspecified atom stereocenters. The molecule has 4 heteroatoms. The molecule has 4 rings (SSSR count). The number of nitrogens with one attached hydrogen (secondary N) is 2. The molecule has 2 heterocycles. The van der Waals surface area contributed by atoms with Crippen molar-refractivity contribution in [1.29, 1.82) is 0 Å². The molecule has 3 aromatic rings. The molecule has 0 saturated carbocycles. The van der Waals surface area contributed by atoms with Crippen LogP contribution in [0.15, 0.2) is 54.7 Å². The van der Waals surface area contributed by atoms with Crippen LogP contribution in [0.25, 0.3) is 10.9 Å². The predicted molar refractivity (Wildman–Crippen MR) is 107 cm³/mol. The fourth-order valence-corrected chi connectivity index (χ4v) is 3.97. The van der Waals surface area contributed by atoms with Gasteiger partial charge < -0.3 is 15.2 Å². The van der Waals surface area contributed by atoms with Gasteiger partial charge in [0.05, 0.1) is 0 Å². The van der Waals surface area contributed by atoms with E-state index in [1.807, 2.05) is 31.3 Å². The number of hydrogen-bond acceptors (Lipinski definition) is 2. The van der Waals surface area contributed by atoms with Gasteiger partial charge in [-0.15, -0.1) is 0 Å². The molecule has 1 aromatic heterocycles. The predicted octanol–water partition coefficient (Wildman–Crippen LogP) is 3.84. The first-order valence-corrected chi connectivity index (χ1v) is 9.33. The topological polar surface area (TPSA) is 48.1 Å². The van der Waals surface area contributed by atoms with Crippen molar-refractivity contribution in [3.63, 3.8) is 0 Å². The Morgan fingerprint density at radius 3 is 2.88 bits per heavy atom. The van der Waals surface area contributed by atoms with E-state index in [0.717, 1.165) is 18.5 Å². The van der Waals surface area contributed by atoms with Gasteiger partial charge >= 0.3 is 0 Å². The van der Waals surface area contributed by atoms with Gasteiger partial charge in [0.15, 0.2) is 0 Å². The number of benzene rings is 2. The standard InChI is InChI=1S/C22H25N3O/c1-15-14-25(21-10-6-4-7-18(15)21)16(2)22(26)23-12-11-17-13-24-20-9-5-3-8-19(17)20/h3-10,13,15-16,24H,11-12,14H2,1-2H3,(H,23,26). The Kier molecular flexibility index (Phi) is 4.41. The summed E-state index contributed by atoms with van der Waals surface area (Å²) in [5.74, 6) is 0.557. The first-order valence-electron chi connectivity index (χ1n) is 9.33. The van der Waals surface area contributed by atoms with Crippen LogP contribution in [0.4, 0.5) is 5.69 Å². The lowest BCUT2D eigenvalue weighted by atomic mass is 10.0. The minimum atomic E-state index is -0.163. The van der Waals surface area contributed by atoms with E-state index < -0.39 is 0 Å². The highest BCUT2D eigenvalue weighted by Crippen LogP contribution is 2.36. The maximum atomic E-state index is 12.7. The van der Waals surface area contributed by atoms with Crippen molar-refractivity contribution in [1.82, 2.24) is 10.3 Å². The molecule has 26 heavy (non-hydrogen) atoms. The van der Waals surface area contributed by atoms with Gasteiger partial charge in [-0.05, 0) is 36.6 Å². The van der Waals surface area contributed by atoms with Crippen molar-refractivity contribution in [2.45, 2.75) is 32.2 Å².